The number of nitrogens with zero attached hydrogens (tertiary/aromatic N) is 3. The first kappa shape index (κ1) is 23.1. The van der Waals surface area contributed by atoms with Crippen LogP contribution in [0.5, 0.6) is 5.75 Å². The Morgan fingerprint density at radius 3 is 2.91 bits per heavy atom. The molecule has 3 aromatic rings. The molecule has 8 heteroatoms. The lowest BCUT2D eigenvalue weighted by molar-refractivity contribution is -0.114. The molecular weight excluding hydrogens is 443 g/mol. The van der Waals surface area contributed by atoms with Crippen molar-refractivity contribution in [2.45, 2.75) is 32.2 Å². The summed E-state index contributed by atoms with van der Waals surface area (Å²) in [7, 11) is 2.08. The summed E-state index contributed by atoms with van der Waals surface area (Å²) in [5.74, 6) is 0.669. The molecule has 172 valence electrons. The Kier molecular flexibility index (Phi) is 7.20. The molecule has 1 atom stereocenters. The van der Waals surface area contributed by atoms with Crippen molar-refractivity contribution in [3.63, 3.8) is 0 Å². The van der Waals surface area contributed by atoms with Crippen LogP contribution in [0, 0.1) is 5.82 Å². The molecule has 33 heavy (non-hydrogen) atoms. The summed E-state index contributed by atoms with van der Waals surface area (Å²) < 4.78 is 19.3. The van der Waals surface area contributed by atoms with Gasteiger partial charge in [0.05, 0.1) is 17.1 Å². The van der Waals surface area contributed by atoms with Gasteiger partial charge in [-0.05, 0) is 63.7 Å². The molecule has 0 radical (unpaired) electrons. The number of fused-ring (bicyclic) bond motifs is 1. The number of aromatic nitrogens is 2. The fourth-order valence-corrected chi connectivity index (χ4v) is 4.19. The van der Waals surface area contributed by atoms with Crippen LogP contribution in [0.15, 0.2) is 48.8 Å². The lowest BCUT2D eigenvalue weighted by Gasteiger charge is -2.15. The molecule has 6 nitrogen and oxygen atoms in total. The molecule has 0 aliphatic carbocycles. The summed E-state index contributed by atoms with van der Waals surface area (Å²) in [4.78, 5) is 23.7. The standard InChI is InChI=1S/C25H26ClFN4O2/c1-3-33-24-14-23-20(12-16(24)11-19(32)8-7-18-5-4-10-31(18)2)25(29-15-28-23)30-17-6-9-22(27)21(26)13-17/h6-9,12-15,18H,3-5,10-11H2,1-2H3,(H,28,29,30)/b8-7+/t18-/m1/s1. The number of hydrogen-bond donors (Lipinski definition) is 1. The van der Waals surface area contributed by atoms with Crippen LogP contribution in [-0.2, 0) is 11.2 Å². The fraction of sp³-hybridized carbons (Fsp3) is 0.320. The molecule has 0 spiro atoms. The lowest BCUT2D eigenvalue weighted by atomic mass is 10.0. The molecule has 4 rings (SSSR count). The van der Waals surface area contributed by atoms with Crippen molar-refractivity contribution in [3.05, 3.63) is 65.2 Å². The highest BCUT2D eigenvalue weighted by molar-refractivity contribution is 6.31. The number of halogens is 2. The number of benzene rings is 2. The van der Waals surface area contributed by atoms with E-state index in [9.17, 15) is 9.18 Å². The van der Waals surface area contributed by atoms with Crippen LogP contribution in [0.25, 0.3) is 10.9 Å². The third-order valence-electron chi connectivity index (χ3n) is 5.75. The Morgan fingerprint density at radius 2 is 2.18 bits per heavy atom. The highest BCUT2D eigenvalue weighted by Crippen LogP contribution is 2.31. The number of ether oxygens (including phenoxy) is 1. The Hall–Kier alpha value is -3.03. The van der Waals surface area contributed by atoms with Crippen molar-refractivity contribution < 1.29 is 13.9 Å². The zero-order chi connectivity index (χ0) is 23.4. The quantitative estimate of drug-likeness (QED) is 0.451. The Morgan fingerprint density at radius 1 is 1.33 bits per heavy atom. The van der Waals surface area contributed by atoms with Gasteiger partial charge < -0.3 is 10.1 Å². The molecule has 1 aliphatic rings. The van der Waals surface area contributed by atoms with Gasteiger partial charge in [0.2, 0.25) is 0 Å². The zero-order valence-electron chi connectivity index (χ0n) is 18.6. The van der Waals surface area contributed by atoms with Gasteiger partial charge in [0.1, 0.15) is 23.7 Å². The summed E-state index contributed by atoms with van der Waals surface area (Å²) in [6.07, 6.45) is 7.53. The minimum absolute atomic E-state index is 0.00674. The first-order chi connectivity index (χ1) is 15.9. The van der Waals surface area contributed by atoms with Crippen LogP contribution in [-0.4, -0.2) is 46.9 Å². The molecule has 1 aliphatic heterocycles. The summed E-state index contributed by atoms with van der Waals surface area (Å²) in [5, 5.41) is 3.91. The highest BCUT2D eigenvalue weighted by atomic mass is 35.5. The summed E-state index contributed by atoms with van der Waals surface area (Å²) in [6, 6.07) is 8.37. The molecule has 2 heterocycles. The van der Waals surface area contributed by atoms with Gasteiger partial charge in [0.15, 0.2) is 5.78 Å². The predicted octanol–water partition coefficient (Wildman–Crippen LogP) is 5.33. The van der Waals surface area contributed by atoms with E-state index in [0.29, 0.717) is 35.4 Å². The van der Waals surface area contributed by atoms with Crippen molar-refractivity contribution in [1.29, 1.82) is 0 Å². The number of rotatable bonds is 8. The predicted molar refractivity (Wildman–Crippen MR) is 129 cm³/mol. The first-order valence-corrected chi connectivity index (χ1v) is 11.4. The van der Waals surface area contributed by atoms with Crippen LogP contribution in [0.4, 0.5) is 15.9 Å². The molecule has 0 saturated carbocycles. The van der Waals surface area contributed by atoms with Crippen molar-refractivity contribution >= 4 is 39.8 Å². The van der Waals surface area contributed by atoms with Crippen LogP contribution in [0.3, 0.4) is 0 Å². The largest absolute Gasteiger partial charge is 0.494 e. The molecular formula is C25H26ClFN4O2. The number of likely N-dealkylation sites (tertiary alicyclic amines) is 1. The van der Waals surface area contributed by atoms with Gasteiger partial charge in [-0.2, -0.15) is 0 Å². The van der Waals surface area contributed by atoms with E-state index in [1.165, 1.54) is 18.5 Å². The highest BCUT2D eigenvalue weighted by Gasteiger charge is 2.18. The molecule has 0 amide bonds. The molecule has 0 bridgehead atoms. The van der Waals surface area contributed by atoms with Crippen LogP contribution in [0.1, 0.15) is 25.3 Å². The Balaban J connectivity index is 1.63. The van der Waals surface area contributed by atoms with E-state index < -0.39 is 5.82 Å². The number of anilines is 2. The van der Waals surface area contributed by atoms with Gasteiger partial charge >= 0.3 is 0 Å². The number of hydrogen-bond acceptors (Lipinski definition) is 6. The Labute approximate surface area is 197 Å². The fourth-order valence-electron chi connectivity index (χ4n) is 4.01. The van der Waals surface area contributed by atoms with Gasteiger partial charge in [-0.3, -0.25) is 9.69 Å². The molecule has 2 aromatic carbocycles. The summed E-state index contributed by atoms with van der Waals surface area (Å²) in [6.45, 7) is 3.42. The average Bonchev–Trinajstić information content (AvgIpc) is 3.20. The number of allylic oxidation sites excluding steroid dienone is 1. The maximum atomic E-state index is 13.5. The second-order valence-corrected chi connectivity index (χ2v) is 8.49. The topological polar surface area (TPSA) is 67.4 Å². The van der Waals surface area contributed by atoms with Crippen molar-refractivity contribution in [1.82, 2.24) is 14.9 Å². The van der Waals surface area contributed by atoms with E-state index in [1.807, 2.05) is 25.1 Å². The third kappa shape index (κ3) is 5.49. The first-order valence-electron chi connectivity index (χ1n) is 11.0. The van der Waals surface area contributed by atoms with Crippen molar-refractivity contribution in [3.8, 4) is 5.75 Å². The third-order valence-corrected chi connectivity index (χ3v) is 6.04. The molecule has 1 aromatic heterocycles. The maximum absolute atomic E-state index is 13.5. The van der Waals surface area contributed by atoms with Crippen molar-refractivity contribution in [2.24, 2.45) is 0 Å². The monoisotopic (exact) mass is 468 g/mol. The number of carbonyl (C=O) groups excluding carboxylic acids is 1. The molecule has 1 N–H and O–H groups in total. The normalized spacial score (nSPS) is 16.5. The average molecular weight is 469 g/mol. The summed E-state index contributed by atoms with van der Waals surface area (Å²) >= 11 is 5.91. The van der Waals surface area contributed by atoms with Crippen LogP contribution >= 0.6 is 11.6 Å². The molecule has 0 unspecified atom stereocenters. The second kappa shape index (κ2) is 10.3. The second-order valence-electron chi connectivity index (χ2n) is 8.08. The van der Waals surface area contributed by atoms with E-state index in [2.05, 4.69) is 27.2 Å². The van der Waals surface area contributed by atoms with E-state index in [4.69, 9.17) is 16.3 Å². The van der Waals surface area contributed by atoms with E-state index in [1.54, 1.807) is 12.1 Å². The number of nitrogens with one attached hydrogen (secondary N) is 1. The minimum Gasteiger partial charge on any atom is -0.494 e. The molecule has 1 saturated heterocycles. The summed E-state index contributed by atoms with van der Waals surface area (Å²) in [5.41, 5.74) is 2.02. The van der Waals surface area contributed by atoms with Gasteiger partial charge in [-0.25, -0.2) is 14.4 Å². The van der Waals surface area contributed by atoms with Gasteiger partial charge in [0, 0.05) is 35.2 Å². The van der Waals surface area contributed by atoms with E-state index >= 15 is 0 Å². The smallest absolute Gasteiger partial charge is 0.159 e. The van der Waals surface area contributed by atoms with E-state index in [0.717, 1.165) is 30.3 Å². The minimum atomic E-state index is -0.492. The molecule has 1 fully saturated rings. The number of carbonyl (C=O) groups is 1. The van der Waals surface area contributed by atoms with Crippen LogP contribution < -0.4 is 10.1 Å². The lowest BCUT2D eigenvalue weighted by Crippen LogP contribution is -2.22. The van der Waals surface area contributed by atoms with Gasteiger partial charge in [0.25, 0.3) is 0 Å². The van der Waals surface area contributed by atoms with Crippen molar-refractivity contribution in [2.75, 3.05) is 25.5 Å². The maximum Gasteiger partial charge on any atom is 0.159 e. The van der Waals surface area contributed by atoms with Crippen LogP contribution in [0.2, 0.25) is 5.02 Å². The SMILES string of the molecule is CCOc1cc2ncnc(Nc3ccc(F)c(Cl)c3)c2cc1CC(=O)/C=C/[C@H]1CCCN1C. The van der Waals surface area contributed by atoms with Gasteiger partial charge in [-0.15, -0.1) is 0 Å². The van der Waals surface area contributed by atoms with Gasteiger partial charge in [-0.1, -0.05) is 17.7 Å². The number of ketones is 1. The number of likely N-dealkylation sites (N-methyl/N-ethyl adjacent to an activating group) is 1. The zero-order valence-corrected chi connectivity index (χ0v) is 19.4. The Bertz CT molecular complexity index is 1200. The van der Waals surface area contributed by atoms with E-state index in [-0.39, 0.29) is 17.2 Å².